The van der Waals surface area contributed by atoms with Crippen LogP contribution in [0.2, 0.25) is 0 Å². The molecule has 1 aromatic carbocycles. The Bertz CT molecular complexity index is 1350. The average Bonchev–Trinajstić information content (AvgIpc) is 2.79. The molecular formula is C24H26N7O2P. The second-order valence-electron chi connectivity index (χ2n) is 9.17. The van der Waals surface area contributed by atoms with Gasteiger partial charge < -0.3 is 24.8 Å². The van der Waals surface area contributed by atoms with Gasteiger partial charge in [0.1, 0.15) is 30.0 Å². The molecule has 0 radical (unpaired) electrons. The SMILES string of the molecule is CN1Cc2cc(Nc3ncc(C#N)c(Nc4cccc(P(C)(C)=O)n4)n3)cc3c2C(COC3)C1. The molecule has 0 amide bonds. The largest absolute Gasteiger partial charge is 0.376 e. The van der Waals surface area contributed by atoms with Gasteiger partial charge in [-0.15, -0.1) is 0 Å². The van der Waals surface area contributed by atoms with Gasteiger partial charge in [0, 0.05) is 24.7 Å². The van der Waals surface area contributed by atoms with E-state index >= 15 is 0 Å². The number of nitrogens with one attached hydrogen (secondary N) is 2. The Balaban J connectivity index is 1.44. The molecule has 5 rings (SSSR count). The molecule has 10 heteroatoms. The molecule has 174 valence electrons. The van der Waals surface area contributed by atoms with Crippen LogP contribution in [-0.2, 0) is 22.5 Å². The van der Waals surface area contributed by atoms with Crippen LogP contribution in [-0.4, -0.2) is 53.4 Å². The maximum Gasteiger partial charge on any atom is 0.229 e. The number of nitrogens with zero attached hydrogens (tertiary/aromatic N) is 5. The number of hydrogen-bond donors (Lipinski definition) is 2. The number of rotatable bonds is 5. The maximum atomic E-state index is 12.4. The first-order valence-electron chi connectivity index (χ1n) is 11.1. The van der Waals surface area contributed by atoms with Crippen molar-refractivity contribution < 1.29 is 9.30 Å². The van der Waals surface area contributed by atoms with Gasteiger partial charge in [-0.05, 0) is 61.3 Å². The third-order valence-electron chi connectivity index (χ3n) is 6.01. The van der Waals surface area contributed by atoms with Gasteiger partial charge in [0.15, 0.2) is 5.82 Å². The number of anilines is 4. The van der Waals surface area contributed by atoms with E-state index in [1.807, 2.05) is 0 Å². The highest BCUT2D eigenvalue weighted by molar-refractivity contribution is 7.69. The summed E-state index contributed by atoms with van der Waals surface area (Å²) in [7, 11) is -0.398. The average molecular weight is 475 g/mol. The zero-order chi connectivity index (χ0) is 23.9. The minimum absolute atomic E-state index is 0.285. The molecule has 34 heavy (non-hydrogen) atoms. The smallest absolute Gasteiger partial charge is 0.229 e. The first-order valence-corrected chi connectivity index (χ1v) is 13.7. The van der Waals surface area contributed by atoms with Crippen molar-refractivity contribution in [1.29, 1.82) is 5.26 Å². The molecule has 0 bridgehead atoms. The summed E-state index contributed by atoms with van der Waals surface area (Å²) in [6.07, 6.45) is 1.47. The minimum Gasteiger partial charge on any atom is -0.376 e. The Morgan fingerprint density at radius 2 is 2.03 bits per heavy atom. The van der Waals surface area contributed by atoms with Crippen LogP contribution in [0.1, 0.15) is 28.2 Å². The number of benzene rings is 1. The minimum atomic E-state index is -2.52. The van der Waals surface area contributed by atoms with Crippen molar-refractivity contribution in [2.24, 2.45) is 0 Å². The number of pyridine rings is 1. The van der Waals surface area contributed by atoms with Crippen LogP contribution in [0, 0.1) is 11.3 Å². The molecule has 0 saturated carbocycles. The van der Waals surface area contributed by atoms with Gasteiger partial charge in [0.05, 0.1) is 19.4 Å². The third-order valence-corrected chi connectivity index (χ3v) is 7.36. The predicted octanol–water partition coefficient (Wildman–Crippen LogP) is 3.54. The molecule has 4 heterocycles. The van der Waals surface area contributed by atoms with E-state index in [0.29, 0.717) is 35.5 Å². The van der Waals surface area contributed by atoms with E-state index in [0.717, 1.165) is 25.4 Å². The molecule has 0 aliphatic carbocycles. The van der Waals surface area contributed by atoms with Crippen LogP contribution >= 0.6 is 7.14 Å². The second-order valence-corrected chi connectivity index (χ2v) is 12.3. The van der Waals surface area contributed by atoms with E-state index in [9.17, 15) is 9.83 Å². The normalized spacial score (nSPS) is 17.5. The topological polar surface area (TPSA) is 116 Å². The zero-order valence-corrected chi connectivity index (χ0v) is 20.3. The van der Waals surface area contributed by atoms with Crippen LogP contribution in [0.15, 0.2) is 36.5 Å². The molecule has 9 nitrogen and oxygen atoms in total. The lowest BCUT2D eigenvalue weighted by Gasteiger charge is -2.37. The van der Waals surface area contributed by atoms with Gasteiger partial charge in [0.2, 0.25) is 5.95 Å². The highest BCUT2D eigenvalue weighted by atomic mass is 31.2. The molecule has 0 saturated heterocycles. The van der Waals surface area contributed by atoms with E-state index in [1.165, 1.54) is 22.9 Å². The highest BCUT2D eigenvalue weighted by Gasteiger charge is 2.29. The molecular weight excluding hydrogens is 449 g/mol. The van der Waals surface area contributed by atoms with E-state index in [2.05, 4.69) is 55.7 Å². The number of aromatic nitrogens is 3. The molecule has 1 unspecified atom stereocenters. The van der Waals surface area contributed by atoms with Gasteiger partial charge in [0.25, 0.3) is 0 Å². The second kappa shape index (κ2) is 8.80. The summed E-state index contributed by atoms with van der Waals surface area (Å²) in [5.74, 6) is 1.55. The Morgan fingerprint density at radius 1 is 1.21 bits per heavy atom. The van der Waals surface area contributed by atoms with Crippen LogP contribution in [0.3, 0.4) is 0 Å². The first-order chi connectivity index (χ1) is 16.3. The molecule has 0 spiro atoms. The lowest BCUT2D eigenvalue weighted by molar-refractivity contribution is 0.0742. The summed E-state index contributed by atoms with van der Waals surface area (Å²) in [5.41, 5.74) is 5.57. The third kappa shape index (κ3) is 4.53. The van der Waals surface area contributed by atoms with Gasteiger partial charge in [-0.2, -0.15) is 10.2 Å². The van der Waals surface area contributed by atoms with Crippen LogP contribution in [0.25, 0.3) is 0 Å². The van der Waals surface area contributed by atoms with Crippen LogP contribution in [0.5, 0.6) is 0 Å². The fourth-order valence-electron chi connectivity index (χ4n) is 4.56. The predicted molar refractivity (Wildman–Crippen MR) is 132 cm³/mol. The Labute approximate surface area is 198 Å². The highest BCUT2D eigenvalue weighted by Crippen LogP contribution is 2.37. The summed E-state index contributed by atoms with van der Waals surface area (Å²) in [4.78, 5) is 15.6. The molecule has 2 N–H and O–H groups in total. The quantitative estimate of drug-likeness (QED) is 0.535. The van der Waals surface area contributed by atoms with E-state index in [4.69, 9.17) is 4.74 Å². The Hall–Kier alpha value is -3.31. The Kier molecular flexibility index (Phi) is 5.82. The monoisotopic (exact) mass is 475 g/mol. The van der Waals surface area contributed by atoms with E-state index < -0.39 is 7.14 Å². The summed E-state index contributed by atoms with van der Waals surface area (Å²) < 4.78 is 18.2. The van der Waals surface area contributed by atoms with Gasteiger partial charge in [-0.3, -0.25) is 0 Å². The number of hydrogen-bond acceptors (Lipinski definition) is 9. The van der Waals surface area contributed by atoms with Crippen molar-refractivity contribution in [3.63, 3.8) is 0 Å². The number of likely N-dealkylation sites (N-methyl/N-ethyl adjacent to an activating group) is 1. The Morgan fingerprint density at radius 3 is 2.82 bits per heavy atom. The van der Waals surface area contributed by atoms with Crippen LogP contribution in [0.4, 0.5) is 23.3 Å². The molecule has 2 aliphatic heterocycles. The standard InChI is InChI=1S/C24H26N7O2P/c1-31-11-15-7-19(8-16-13-33-14-18(12-31)22(15)16)27-24-26-10-17(9-25)23(30-24)29-20-5-4-6-21(28-20)34(2,3)32/h4-8,10,18H,11-14H2,1-3H3,(H2,26,27,28,29,30). The van der Waals surface area contributed by atoms with Gasteiger partial charge >= 0.3 is 0 Å². The molecule has 2 aliphatic rings. The van der Waals surface area contributed by atoms with Crippen molar-refractivity contribution >= 4 is 35.8 Å². The van der Waals surface area contributed by atoms with Crippen molar-refractivity contribution in [3.05, 3.63) is 58.8 Å². The van der Waals surface area contributed by atoms with E-state index in [-0.39, 0.29) is 5.56 Å². The van der Waals surface area contributed by atoms with Gasteiger partial charge in [-0.25, -0.2) is 9.97 Å². The van der Waals surface area contributed by atoms with Crippen molar-refractivity contribution in [1.82, 2.24) is 19.9 Å². The summed E-state index contributed by atoms with van der Waals surface area (Å²) in [6, 6.07) is 11.6. The fraction of sp³-hybridized carbons (Fsp3) is 0.333. The van der Waals surface area contributed by atoms with E-state index in [1.54, 1.807) is 31.5 Å². The lowest BCUT2D eigenvalue weighted by atomic mass is 9.85. The van der Waals surface area contributed by atoms with Crippen molar-refractivity contribution in [2.75, 3.05) is 44.2 Å². The molecule has 0 fully saturated rings. The molecule has 2 aromatic heterocycles. The fourth-order valence-corrected chi connectivity index (χ4v) is 5.35. The van der Waals surface area contributed by atoms with Crippen LogP contribution < -0.4 is 16.1 Å². The van der Waals surface area contributed by atoms with Crippen molar-refractivity contribution in [2.45, 2.75) is 19.1 Å². The number of nitriles is 1. The van der Waals surface area contributed by atoms with Crippen molar-refractivity contribution in [3.8, 4) is 6.07 Å². The summed E-state index contributed by atoms with van der Waals surface area (Å²) in [5, 5.41) is 15.9. The lowest BCUT2D eigenvalue weighted by Crippen LogP contribution is -2.35. The summed E-state index contributed by atoms with van der Waals surface area (Å²) >= 11 is 0. The van der Waals surface area contributed by atoms with Gasteiger partial charge in [-0.1, -0.05) is 6.07 Å². The molecule has 3 aromatic rings. The maximum absolute atomic E-state index is 12.4. The zero-order valence-electron chi connectivity index (χ0n) is 19.4. The summed E-state index contributed by atoms with van der Waals surface area (Å²) in [6.45, 7) is 6.58. The first kappa shape index (κ1) is 22.5. The number of ether oxygens (including phenoxy) is 1. The molecule has 1 atom stereocenters.